The molecule has 0 bridgehead atoms. The summed E-state index contributed by atoms with van der Waals surface area (Å²) in [5.74, 6) is -0.486. The number of hydrogen-bond donors (Lipinski definition) is 1. The number of aromatic nitrogens is 2. The molecule has 1 aliphatic rings. The molecule has 0 spiro atoms. The van der Waals surface area contributed by atoms with Crippen molar-refractivity contribution in [1.29, 1.82) is 0 Å². The topological polar surface area (TPSA) is 81.1 Å². The largest absolute Gasteiger partial charge is 0.344 e. The van der Waals surface area contributed by atoms with E-state index in [1.54, 1.807) is 11.3 Å². The lowest BCUT2D eigenvalue weighted by atomic mass is 10.0. The molecule has 0 fully saturated rings. The van der Waals surface area contributed by atoms with Crippen LogP contribution in [0.5, 0.6) is 0 Å². The third-order valence-corrected chi connectivity index (χ3v) is 6.31. The Balaban J connectivity index is 1.52. The monoisotopic (exact) mass is 395 g/mol. The molecule has 7 heteroatoms. The lowest BCUT2D eigenvalue weighted by molar-refractivity contribution is -0.127. The molecule has 0 unspecified atom stereocenters. The van der Waals surface area contributed by atoms with Gasteiger partial charge in [-0.25, -0.2) is 4.98 Å². The number of Topliss-reactive ketones (excluding diaryl/α,β-unsaturated/α-hetero) is 1. The summed E-state index contributed by atoms with van der Waals surface area (Å²) in [7, 11) is 0. The summed E-state index contributed by atoms with van der Waals surface area (Å²) in [6.07, 6.45) is 4.80. The van der Waals surface area contributed by atoms with Gasteiger partial charge in [-0.15, -0.1) is 11.3 Å². The molecule has 1 amide bonds. The van der Waals surface area contributed by atoms with Crippen molar-refractivity contribution in [3.8, 4) is 0 Å². The number of ketones is 1. The molecule has 144 valence electrons. The van der Waals surface area contributed by atoms with Gasteiger partial charge in [0, 0.05) is 4.88 Å². The van der Waals surface area contributed by atoms with Crippen LogP contribution in [0.3, 0.4) is 0 Å². The van der Waals surface area contributed by atoms with Crippen molar-refractivity contribution < 1.29 is 9.59 Å². The van der Waals surface area contributed by atoms with Crippen LogP contribution in [0, 0.1) is 0 Å². The molecule has 1 aliphatic carbocycles. The highest BCUT2D eigenvalue weighted by atomic mass is 32.1. The number of nitrogens with zero attached hydrogens (tertiary/aromatic N) is 2. The Labute approximate surface area is 166 Å². The average molecular weight is 395 g/mol. The van der Waals surface area contributed by atoms with E-state index in [4.69, 9.17) is 0 Å². The van der Waals surface area contributed by atoms with E-state index in [-0.39, 0.29) is 23.8 Å². The van der Waals surface area contributed by atoms with Gasteiger partial charge in [-0.1, -0.05) is 30.3 Å². The zero-order valence-electron chi connectivity index (χ0n) is 15.6. The normalized spacial score (nSPS) is 14.0. The highest BCUT2D eigenvalue weighted by molar-refractivity contribution is 7.18. The van der Waals surface area contributed by atoms with Crippen LogP contribution >= 0.6 is 11.3 Å². The number of thiophene rings is 1. The predicted molar refractivity (Wildman–Crippen MR) is 109 cm³/mol. The molecule has 0 radical (unpaired) electrons. The van der Waals surface area contributed by atoms with E-state index in [1.807, 2.05) is 30.3 Å². The van der Waals surface area contributed by atoms with Crippen LogP contribution in [0.2, 0.25) is 0 Å². The Hall–Kier alpha value is -2.80. The molecule has 2 aromatic heterocycles. The summed E-state index contributed by atoms with van der Waals surface area (Å²) in [4.78, 5) is 43.7. The highest BCUT2D eigenvalue weighted by Gasteiger charge is 2.22. The molecule has 0 aliphatic heterocycles. The predicted octanol–water partition coefficient (Wildman–Crippen LogP) is 2.26. The van der Waals surface area contributed by atoms with Crippen molar-refractivity contribution in [3.63, 3.8) is 0 Å². The third kappa shape index (κ3) is 3.62. The second kappa shape index (κ2) is 7.67. The second-order valence-corrected chi connectivity index (χ2v) is 8.22. The first-order valence-corrected chi connectivity index (χ1v) is 10.2. The molecule has 6 nitrogen and oxygen atoms in total. The van der Waals surface area contributed by atoms with Gasteiger partial charge < -0.3 is 5.32 Å². The van der Waals surface area contributed by atoms with E-state index in [0.29, 0.717) is 11.8 Å². The summed E-state index contributed by atoms with van der Waals surface area (Å²) in [5, 5.41) is 3.41. The molecule has 1 atom stereocenters. The minimum absolute atomic E-state index is 0.117. The van der Waals surface area contributed by atoms with Crippen molar-refractivity contribution in [2.45, 2.75) is 45.2 Å². The molecule has 2 heterocycles. The van der Waals surface area contributed by atoms with Crippen molar-refractivity contribution in [2.24, 2.45) is 0 Å². The maximum absolute atomic E-state index is 12.9. The standard InChI is InChI=1S/C21H21N3O3S/c1-13(25)16(10-14-6-3-2-4-7-14)23-18(26)11-24-12-22-20-19(21(24)27)15-8-5-9-17(15)28-20/h2-4,6-7,12,16H,5,8-11H2,1H3,(H,23,26)/t16-/m1/s1. The van der Waals surface area contributed by atoms with Gasteiger partial charge in [-0.3, -0.25) is 19.0 Å². The lowest BCUT2D eigenvalue weighted by Gasteiger charge is -2.16. The van der Waals surface area contributed by atoms with Crippen molar-refractivity contribution in [3.05, 3.63) is 63.0 Å². The summed E-state index contributed by atoms with van der Waals surface area (Å²) in [6, 6.07) is 8.92. The van der Waals surface area contributed by atoms with Gasteiger partial charge in [0.1, 0.15) is 11.4 Å². The van der Waals surface area contributed by atoms with Crippen LogP contribution < -0.4 is 10.9 Å². The summed E-state index contributed by atoms with van der Waals surface area (Å²) in [6.45, 7) is 1.31. The molecule has 4 rings (SSSR count). The van der Waals surface area contributed by atoms with E-state index in [9.17, 15) is 14.4 Å². The van der Waals surface area contributed by atoms with E-state index in [2.05, 4.69) is 10.3 Å². The van der Waals surface area contributed by atoms with E-state index >= 15 is 0 Å². The lowest BCUT2D eigenvalue weighted by Crippen LogP contribution is -2.43. The first-order valence-electron chi connectivity index (χ1n) is 9.36. The fraction of sp³-hybridized carbons (Fsp3) is 0.333. The highest BCUT2D eigenvalue weighted by Crippen LogP contribution is 2.34. The third-order valence-electron chi connectivity index (χ3n) is 5.11. The average Bonchev–Trinajstić information content (AvgIpc) is 3.25. The maximum Gasteiger partial charge on any atom is 0.262 e. The number of carbonyl (C=O) groups excluding carboxylic acids is 2. The van der Waals surface area contributed by atoms with Crippen LogP contribution in [0.25, 0.3) is 10.2 Å². The molecule has 28 heavy (non-hydrogen) atoms. The Bertz CT molecular complexity index is 1100. The zero-order valence-corrected chi connectivity index (χ0v) is 16.4. The van der Waals surface area contributed by atoms with Crippen LogP contribution in [-0.4, -0.2) is 27.3 Å². The molecule has 1 N–H and O–H groups in total. The number of benzene rings is 1. The molecular weight excluding hydrogens is 374 g/mol. The van der Waals surface area contributed by atoms with Gasteiger partial charge in [0.2, 0.25) is 5.91 Å². The van der Waals surface area contributed by atoms with Gasteiger partial charge in [-0.2, -0.15) is 0 Å². The molecular formula is C21H21N3O3S. The first kappa shape index (κ1) is 18.6. The van der Waals surface area contributed by atoms with Gasteiger partial charge in [0.25, 0.3) is 5.56 Å². The van der Waals surface area contributed by atoms with Gasteiger partial charge in [0.05, 0.1) is 17.8 Å². The number of aryl methyl sites for hydroxylation is 2. The minimum atomic E-state index is -0.618. The van der Waals surface area contributed by atoms with E-state index < -0.39 is 6.04 Å². The Kier molecular flexibility index (Phi) is 5.09. The number of hydrogen-bond acceptors (Lipinski definition) is 5. The minimum Gasteiger partial charge on any atom is -0.344 e. The van der Waals surface area contributed by atoms with E-state index in [0.717, 1.165) is 35.2 Å². The van der Waals surface area contributed by atoms with Gasteiger partial charge in [0.15, 0.2) is 5.78 Å². The van der Waals surface area contributed by atoms with Crippen LogP contribution in [-0.2, 0) is 35.4 Å². The first-order chi connectivity index (χ1) is 13.5. The number of carbonyl (C=O) groups is 2. The fourth-order valence-corrected chi connectivity index (χ4v) is 4.89. The maximum atomic E-state index is 12.9. The molecule has 1 aromatic carbocycles. The Morgan fingerprint density at radius 3 is 2.79 bits per heavy atom. The Morgan fingerprint density at radius 1 is 1.25 bits per heavy atom. The van der Waals surface area contributed by atoms with Crippen LogP contribution in [0.15, 0.2) is 41.5 Å². The van der Waals surface area contributed by atoms with Crippen molar-refractivity contribution in [1.82, 2.24) is 14.9 Å². The van der Waals surface area contributed by atoms with Gasteiger partial charge >= 0.3 is 0 Å². The van der Waals surface area contributed by atoms with Crippen molar-refractivity contribution >= 4 is 33.2 Å². The van der Waals surface area contributed by atoms with Gasteiger partial charge in [-0.05, 0) is 43.7 Å². The van der Waals surface area contributed by atoms with Crippen LogP contribution in [0.4, 0.5) is 0 Å². The quantitative estimate of drug-likeness (QED) is 0.694. The molecule has 0 saturated heterocycles. The number of rotatable bonds is 6. The SMILES string of the molecule is CC(=O)[C@@H](Cc1ccccc1)NC(=O)Cn1cnc2sc3c(c2c1=O)CCC3. The van der Waals surface area contributed by atoms with E-state index in [1.165, 1.54) is 22.7 Å². The molecule has 0 saturated carbocycles. The summed E-state index contributed by atoms with van der Waals surface area (Å²) in [5.41, 5.74) is 1.89. The summed E-state index contributed by atoms with van der Waals surface area (Å²) >= 11 is 1.57. The fourth-order valence-electron chi connectivity index (χ4n) is 3.67. The smallest absolute Gasteiger partial charge is 0.262 e. The zero-order chi connectivity index (χ0) is 19.7. The van der Waals surface area contributed by atoms with Crippen molar-refractivity contribution in [2.75, 3.05) is 0 Å². The number of nitrogens with one attached hydrogen (secondary N) is 1. The second-order valence-electron chi connectivity index (χ2n) is 7.14. The van der Waals surface area contributed by atoms with Crippen LogP contribution in [0.1, 0.15) is 29.3 Å². The summed E-state index contributed by atoms with van der Waals surface area (Å²) < 4.78 is 1.34. The number of fused-ring (bicyclic) bond motifs is 3. The molecule has 3 aromatic rings. The number of amides is 1. The Morgan fingerprint density at radius 2 is 2.04 bits per heavy atom.